The van der Waals surface area contributed by atoms with Gasteiger partial charge in [-0.3, -0.25) is 9.74 Å². The van der Waals surface area contributed by atoms with Crippen molar-refractivity contribution in [1.82, 2.24) is 10.4 Å². The van der Waals surface area contributed by atoms with Gasteiger partial charge in [0.2, 0.25) is 0 Å². The molecule has 1 amide bonds. The second-order valence-corrected chi connectivity index (χ2v) is 5.69. The van der Waals surface area contributed by atoms with E-state index in [0.717, 1.165) is 0 Å². The molecule has 0 aromatic heterocycles. The van der Waals surface area contributed by atoms with Crippen LogP contribution < -0.4 is 5.48 Å². The molecule has 19 heavy (non-hydrogen) atoms. The zero-order valence-corrected chi connectivity index (χ0v) is 11.7. The van der Waals surface area contributed by atoms with Crippen molar-refractivity contribution in [1.29, 1.82) is 0 Å². The van der Waals surface area contributed by atoms with E-state index in [0.29, 0.717) is 19.5 Å². The minimum absolute atomic E-state index is 0.0550. The van der Waals surface area contributed by atoms with Crippen LogP contribution in [-0.4, -0.2) is 48.8 Å². The van der Waals surface area contributed by atoms with Crippen molar-refractivity contribution in [3.8, 4) is 0 Å². The molecular weight excluding hydrogens is 258 g/mol. The molecule has 0 unspecified atom stereocenters. The van der Waals surface area contributed by atoms with Crippen molar-refractivity contribution < 1.29 is 23.1 Å². The Hall–Kier alpha value is -0.950. The highest BCUT2D eigenvalue weighted by molar-refractivity contribution is 5.66. The predicted octanol–water partition coefficient (Wildman–Crippen LogP) is 2.17. The molecule has 0 spiro atoms. The summed E-state index contributed by atoms with van der Waals surface area (Å²) in [5.74, 6) is -2.61. The van der Waals surface area contributed by atoms with Crippen LogP contribution in [0.1, 0.15) is 33.6 Å². The zero-order valence-electron chi connectivity index (χ0n) is 11.7. The summed E-state index contributed by atoms with van der Waals surface area (Å²) in [6, 6.07) is 0. The summed E-state index contributed by atoms with van der Waals surface area (Å²) in [4.78, 5) is 17.7. The fraction of sp³-hybridized carbons (Fsp3) is 0.917. The highest BCUT2D eigenvalue weighted by Gasteiger charge is 2.34. The van der Waals surface area contributed by atoms with Crippen LogP contribution in [0.2, 0.25) is 0 Å². The monoisotopic (exact) mass is 280 g/mol. The van der Waals surface area contributed by atoms with E-state index in [1.807, 2.05) is 0 Å². The lowest BCUT2D eigenvalue weighted by Gasteiger charge is -2.32. The van der Waals surface area contributed by atoms with Crippen molar-refractivity contribution in [3.05, 3.63) is 0 Å². The normalized spacial score (nSPS) is 20.1. The van der Waals surface area contributed by atoms with Gasteiger partial charge in [-0.05, 0) is 33.7 Å². The Kier molecular flexibility index (Phi) is 5.49. The Morgan fingerprint density at radius 1 is 1.42 bits per heavy atom. The van der Waals surface area contributed by atoms with Gasteiger partial charge in [-0.15, -0.1) is 0 Å². The van der Waals surface area contributed by atoms with Gasteiger partial charge in [-0.25, -0.2) is 13.6 Å². The maximum Gasteiger partial charge on any atom is 0.431 e. The number of carbonyl (C=O) groups excluding carboxylic acids is 1. The van der Waals surface area contributed by atoms with Crippen LogP contribution in [0.15, 0.2) is 0 Å². The second kappa shape index (κ2) is 6.47. The smallest absolute Gasteiger partial charge is 0.431 e. The highest BCUT2D eigenvalue weighted by atomic mass is 19.3. The number of rotatable bonds is 4. The Bertz CT molecular complexity index is 306. The van der Waals surface area contributed by atoms with Gasteiger partial charge in [0.1, 0.15) is 5.60 Å². The number of hydroxylamine groups is 1. The van der Waals surface area contributed by atoms with E-state index >= 15 is 0 Å². The third-order valence-corrected chi connectivity index (χ3v) is 2.54. The first-order chi connectivity index (χ1) is 8.68. The van der Waals surface area contributed by atoms with E-state index in [4.69, 9.17) is 9.57 Å². The number of alkyl halides is 2. The summed E-state index contributed by atoms with van der Waals surface area (Å²) >= 11 is 0. The maximum absolute atomic E-state index is 13.1. The summed E-state index contributed by atoms with van der Waals surface area (Å²) in [6.07, 6.45) is -0.260. The van der Waals surface area contributed by atoms with E-state index in [-0.39, 0.29) is 19.6 Å². The SMILES string of the molecule is CC(C)(C)OC(=O)NOCCN1CCCC(F)(F)C1. The van der Waals surface area contributed by atoms with Crippen LogP contribution in [0.3, 0.4) is 0 Å². The molecule has 0 atom stereocenters. The second-order valence-electron chi connectivity index (χ2n) is 5.69. The Labute approximate surface area is 112 Å². The molecular formula is C12H22F2N2O3. The first-order valence-electron chi connectivity index (χ1n) is 6.39. The number of nitrogens with zero attached hydrogens (tertiary/aromatic N) is 1. The largest absolute Gasteiger partial charge is 0.442 e. The summed E-state index contributed by atoms with van der Waals surface area (Å²) in [5, 5.41) is 0. The fourth-order valence-corrected chi connectivity index (χ4v) is 1.82. The third kappa shape index (κ3) is 7.27. The minimum atomic E-state index is -2.61. The van der Waals surface area contributed by atoms with Gasteiger partial charge in [0.05, 0.1) is 13.2 Å². The van der Waals surface area contributed by atoms with Crippen molar-refractivity contribution in [2.45, 2.75) is 45.1 Å². The molecule has 1 saturated heterocycles. The molecule has 5 nitrogen and oxygen atoms in total. The molecule has 7 heteroatoms. The van der Waals surface area contributed by atoms with Crippen molar-refractivity contribution in [3.63, 3.8) is 0 Å². The summed E-state index contributed by atoms with van der Waals surface area (Å²) < 4.78 is 31.2. The van der Waals surface area contributed by atoms with E-state index in [2.05, 4.69) is 5.48 Å². The quantitative estimate of drug-likeness (QED) is 0.633. The average Bonchev–Trinajstić information content (AvgIpc) is 2.20. The van der Waals surface area contributed by atoms with Crippen LogP contribution >= 0.6 is 0 Å². The molecule has 1 aliphatic rings. The molecule has 0 bridgehead atoms. The van der Waals surface area contributed by atoms with Crippen molar-refractivity contribution in [2.24, 2.45) is 0 Å². The number of hydrogen-bond donors (Lipinski definition) is 1. The summed E-state index contributed by atoms with van der Waals surface area (Å²) in [6.45, 7) is 6.10. The van der Waals surface area contributed by atoms with Gasteiger partial charge >= 0.3 is 6.09 Å². The van der Waals surface area contributed by atoms with Crippen molar-refractivity contribution in [2.75, 3.05) is 26.2 Å². The fourth-order valence-electron chi connectivity index (χ4n) is 1.82. The topological polar surface area (TPSA) is 50.8 Å². The average molecular weight is 280 g/mol. The van der Waals surface area contributed by atoms with Crippen LogP contribution in [-0.2, 0) is 9.57 Å². The van der Waals surface area contributed by atoms with Gasteiger partial charge in [0.25, 0.3) is 5.92 Å². The Balaban J connectivity index is 2.12. The molecule has 1 N–H and O–H groups in total. The first-order valence-corrected chi connectivity index (χ1v) is 6.39. The van der Waals surface area contributed by atoms with Gasteiger partial charge < -0.3 is 4.74 Å². The van der Waals surface area contributed by atoms with Crippen molar-refractivity contribution >= 4 is 6.09 Å². The lowest BCUT2D eigenvalue weighted by molar-refractivity contribution is -0.0734. The highest BCUT2D eigenvalue weighted by Crippen LogP contribution is 2.25. The van der Waals surface area contributed by atoms with E-state index in [1.165, 1.54) is 0 Å². The number of hydrogen-bond acceptors (Lipinski definition) is 4. The summed E-state index contributed by atoms with van der Waals surface area (Å²) in [7, 11) is 0. The number of likely N-dealkylation sites (tertiary alicyclic amines) is 1. The molecule has 1 heterocycles. The molecule has 0 aliphatic carbocycles. The van der Waals surface area contributed by atoms with Crippen LogP contribution in [0, 0.1) is 0 Å². The van der Waals surface area contributed by atoms with Gasteiger partial charge in [-0.1, -0.05) is 0 Å². The number of amides is 1. The minimum Gasteiger partial charge on any atom is -0.442 e. The summed E-state index contributed by atoms with van der Waals surface area (Å²) in [5.41, 5.74) is 1.53. The number of piperidine rings is 1. The van der Waals surface area contributed by atoms with E-state index in [1.54, 1.807) is 25.7 Å². The third-order valence-electron chi connectivity index (χ3n) is 2.54. The number of carbonyl (C=O) groups is 1. The molecule has 1 rings (SSSR count). The lowest BCUT2D eigenvalue weighted by Crippen LogP contribution is -2.44. The van der Waals surface area contributed by atoms with Crippen LogP contribution in [0.4, 0.5) is 13.6 Å². The van der Waals surface area contributed by atoms with Crippen LogP contribution in [0.5, 0.6) is 0 Å². The Morgan fingerprint density at radius 3 is 2.68 bits per heavy atom. The zero-order chi connectivity index (χ0) is 14.5. The molecule has 0 aromatic carbocycles. The van der Waals surface area contributed by atoms with Gasteiger partial charge in [-0.2, -0.15) is 5.48 Å². The predicted molar refractivity (Wildman–Crippen MR) is 65.9 cm³/mol. The molecule has 112 valence electrons. The van der Waals surface area contributed by atoms with E-state index < -0.39 is 17.6 Å². The molecule has 0 saturated carbocycles. The van der Waals surface area contributed by atoms with E-state index in [9.17, 15) is 13.6 Å². The molecule has 1 aliphatic heterocycles. The molecule has 0 aromatic rings. The maximum atomic E-state index is 13.1. The molecule has 0 radical (unpaired) electrons. The van der Waals surface area contributed by atoms with Gasteiger partial charge in [0, 0.05) is 13.0 Å². The lowest BCUT2D eigenvalue weighted by atomic mass is 10.1. The standard InChI is InChI=1S/C12H22F2N2O3/c1-11(2,3)19-10(17)15-18-8-7-16-6-4-5-12(13,14)9-16/h4-9H2,1-3H3,(H,15,17). The Morgan fingerprint density at radius 2 is 2.11 bits per heavy atom. The van der Waals surface area contributed by atoms with Crippen LogP contribution in [0.25, 0.3) is 0 Å². The number of halogens is 2. The number of nitrogens with one attached hydrogen (secondary N) is 1. The first kappa shape index (κ1) is 16.1. The number of ether oxygens (including phenoxy) is 1. The van der Waals surface area contributed by atoms with Gasteiger partial charge in [0.15, 0.2) is 0 Å². The molecule has 1 fully saturated rings.